The number of amides is 1. The van der Waals surface area contributed by atoms with Gasteiger partial charge < -0.3 is 14.6 Å². The van der Waals surface area contributed by atoms with Crippen molar-refractivity contribution in [3.05, 3.63) is 76.6 Å². The maximum absolute atomic E-state index is 12.6. The molecule has 0 radical (unpaired) electrons. The van der Waals surface area contributed by atoms with Crippen LogP contribution in [-0.2, 0) is 17.9 Å². The van der Waals surface area contributed by atoms with Gasteiger partial charge in [0.05, 0.1) is 29.6 Å². The number of phenols is 1. The van der Waals surface area contributed by atoms with Crippen molar-refractivity contribution in [1.29, 1.82) is 0 Å². The van der Waals surface area contributed by atoms with Gasteiger partial charge in [-0.2, -0.15) is 5.10 Å². The lowest BCUT2D eigenvalue weighted by atomic mass is 10.2. The van der Waals surface area contributed by atoms with Crippen LogP contribution in [0.4, 0.5) is 5.69 Å². The number of hydrogen-bond donors (Lipinski definition) is 2. The number of methoxy groups -OCH3 is 1. The molecule has 1 aromatic heterocycles. The van der Waals surface area contributed by atoms with Crippen LogP contribution >= 0.6 is 11.8 Å². The molecule has 0 aliphatic carbocycles. The number of nitrogens with zero attached hydrogens (tertiary/aromatic N) is 5. The number of hydrogen-bond acceptors (Lipinski definition) is 10. The smallest absolute Gasteiger partial charge is 0.274 e. The summed E-state index contributed by atoms with van der Waals surface area (Å²) in [5.74, 6) is 0.379. The van der Waals surface area contributed by atoms with Crippen molar-refractivity contribution >= 4 is 29.6 Å². The quantitative estimate of drug-likeness (QED) is 0.122. The topological polar surface area (TPSA) is 154 Å². The molecule has 188 valence electrons. The number of nitro groups is 1. The molecule has 0 bridgehead atoms. The standard InChI is InChI=1S/C23H24N6O6S/c1-4-10-28-20(14-35-18-8-6-5-7-9-18)25-27-23(28)36-15(2)22(31)26-24-13-16-11-17(29(32)33)12-19(34-3)21(16)30/h4-9,11-13,15,30H,1,10,14H2,2-3H3,(H,26,31). The molecule has 2 aromatic carbocycles. The van der Waals surface area contributed by atoms with Gasteiger partial charge in [-0.15, -0.1) is 16.8 Å². The van der Waals surface area contributed by atoms with E-state index in [1.165, 1.54) is 7.11 Å². The van der Waals surface area contributed by atoms with Gasteiger partial charge in [0.15, 0.2) is 22.5 Å². The highest BCUT2D eigenvalue weighted by atomic mass is 32.2. The largest absolute Gasteiger partial charge is 0.504 e. The summed E-state index contributed by atoms with van der Waals surface area (Å²) >= 11 is 1.16. The first-order chi connectivity index (χ1) is 17.3. The molecule has 0 saturated heterocycles. The Balaban J connectivity index is 1.66. The fraction of sp³-hybridized carbons (Fsp3) is 0.217. The molecule has 3 rings (SSSR count). The van der Waals surface area contributed by atoms with Gasteiger partial charge >= 0.3 is 0 Å². The summed E-state index contributed by atoms with van der Waals surface area (Å²) in [6.07, 6.45) is 2.79. The predicted molar refractivity (Wildman–Crippen MR) is 133 cm³/mol. The number of ether oxygens (including phenoxy) is 2. The van der Waals surface area contributed by atoms with Crippen molar-refractivity contribution in [2.75, 3.05) is 7.11 Å². The molecule has 13 heteroatoms. The Labute approximate surface area is 210 Å². The van der Waals surface area contributed by atoms with Gasteiger partial charge in [-0.25, -0.2) is 5.43 Å². The van der Waals surface area contributed by atoms with E-state index in [9.17, 15) is 20.0 Å². The second kappa shape index (κ2) is 12.4. The minimum atomic E-state index is -0.630. The maximum Gasteiger partial charge on any atom is 0.274 e. The number of carbonyl (C=O) groups is 1. The zero-order valence-corrected chi connectivity index (χ0v) is 20.3. The molecular weight excluding hydrogens is 488 g/mol. The number of aromatic nitrogens is 3. The van der Waals surface area contributed by atoms with E-state index in [1.54, 1.807) is 17.6 Å². The molecule has 1 unspecified atom stereocenters. The zero-order valence-electron chi connectivity index (χ0n) is 19.5. The molecule has 1 atom stereocenters. The molecule has 2 N–H and O–H groups in total. The van der Waals surface area contributed by atoms with Crippen molar-refractivity contribution < 1.29 is 24.3 Å². The summed E-state index contributed by atoms with van der Waals surface area (Å²) in [7, 11) is 1.27. The van der Waals surface area contributed by atoms with E-state index in [-0.39, 0.29) is 29.4 Å². The Hall–Kier alpha value is -4.39. The summed E-state index contributed by atoms with van der Waals surface area (Å²) in [5, 5.41) is 33.3. The third kappa shape index (κ3) is 6.60. The van der Waals surface area contributed by atoms with Crippen LogP contribution in [-0.4, -0.2) is 49.3 Å². The molecular formula is C23H24N6O6S. The van der Waals surface area contributed by atoms with Gasteiger partial charge in [0.1, 0.15) is 12.4 Å². The Bertz CT molecular complexity index is 1260. The number of thioether (sulfide) groups is 1. The minimum Gasteiger partial charge on any atom is -0.504 e. The molecule has 3 aromatic rings. The zero-order chi connectivity index (χ0) is 26.1. The fourth-order valence-corrected chi connectivity index (χ4v) is 3.80. The molecule has 0 aliphatic rings. The average molecular weight is 513 g/mol. The Morgan fingerprint density at radius 3 is 2.78 bits per heavy atom. The number of allylic oxidation sites excluding steroid dienone is 1. The molecule has 1 amide bonds. The van der Waals surface area contributed by atoms with Gasteiger partial charge in [-0.05, 0) is 19.1 Å². The van der Waals surface area contributed by atoms with E-state index >= 15 is 0 Å². The Morgan fingerprint density at radius 2 is 2.11 bits per heavy atom. The second-order valence-electron chi connectivity index (χ2n) is 7.24. The summed E-state index contributed by atoms with van der Waals surface area (Å²) in [4.78, 5) is 23.0. The van der Waals surface area contributed by atoms with E-state index in [2.05, 4.69) is 27.3 Å². The number of nitro benzene ring substituents is 1. The van der Waals surface area contributed by atoms with Crippen molar-refractivity contribution in [2.45, 2.75) is 30.5 Å². The lowest BCUT2D eigenvalue weighted by Gasteiger charge is -2.12. The van der Waals surface area contributed by atoms with Crippen LogP contribution in [0.3, 0.4) is 0 Å². The number of non-ortho nitro benzene ring substituents is 1. The van der Waals surface area contributed by atoms with E-state index < -0.39 is 16.1 Å². The lowest BCUT2D eigenvalue weighted by molar-refractivity contribution is -0.385. The van der Waals surface area contributed by atoms with Gasteiger partial charge in [0, 0.05) is 18.2 Å². The summed E-state index contributed by atoms with van der Waals surface area (Å²) in [6, 6.07) is 11.5. The van der Waals surface area contributed by atoms with Crippen LogP contribution in [0.25, 0.3) is 0 Å². The first-order valence-corrected chi connectivity index (χ1v) is 11.5. The molecule has 1 heterocycles. The second-order valence-corrected chi connectivity index (χ2v) is 8.55. The normalized spacial score (nSPS) is 11.7. The molecule has 0 fully saturated rings. The highest BCUT2D eigenvalue weighted by Crippen LogP contribution is 2.33. The van der Waals surface area contributed by atoms with Crippen LogP contribution < -0.4 is 14.9 Å². The van der Waals surface area contributed by atoms with Gasteiger partial charge in [0.25, 0.3) is 11.6 Å². The number of carbonyl (C=O) groups excluding carboxylic acids is 1. The number of para-hydroxylation sites is 1. The first-order valence-electron chi connectivity index (χ1n) is 10.6. The van der Waals surface area contributed by atoms with Crippen LogP contribution in [0.5, 0.6) is 17.2 Å². The summed E-state index contributed by atoms with van der Waals surface area (Å²) in [6.45, 7) is 6.03. The fourth-order valence-electron chi connectivity index (χ4n) is 2.93. The van der Waals surface area contributed by atoms with Crippen LogP contribution in [0, 0.1) is 10.1 Å². The molecule has 0 aliphatic heterocycles. The van der Waals surface area contributed by atoms with Crippen molar-refractivity contribution in [1.82, 2.24) is 20.2 Å². The van der Waals surface area contributed by atoms with Crippen molar-refractivity contribution in [3.63, 3.8) is 0 Å². The number of phenolic OH excluding ortho intramolecular Hbond substituents is 1. The highest BCUT2D eigenvalue weighted by Gasteiger charge is 2.20. The minimum absolute atomic E-state index is 0.00967. The van der Waals surface area contributed by atoms with E-state index in [0.717, 1.165) is 30.1 Å². The van der Waals surface area contributed by atoms with Gasteiger partial charge in [-0.3, -0.25) is 19.5 Å². The Kier molecular flexibility index (Phi) is 9.00. The summed E-state index contributed by atoms with van der Waals surface area (Å²) in [5.41, 5.74) is 2.07. The van der Waals surface area contributed by atoms with E-state index in [4.69, 9.17) is 9.47 Å². The van der Waals surface area contributed by atoms with Crippen molar-refractivity contribution in [3.8, 4) is 17.2 Å². The number of benzene rings is 2. The van der Waals surface area contributed by atoms with Gasteiger partial charge in [-0.1, -0.05) is 36.0 Å². The number of aromatic hydroxyl groups is 1. The highest BCUT2D eigenvalue weighted by molar-refractivity contribution is 8.00. The third-order valence-electron chi connectivity index (χ3n) is 4.77. The molecule has 0 spiro atoms. The van der Waals surface area contributed by atoms with E-state index in [0.29, 0.717) is 23.3 Å². The summed E-state index contributed by atoms with van der Waals surface area (Å²) < 4.78 is 12.5. The lowest BCUT2D eigenvalue weighted by Crippen LogP contribution is -2.27. The molecule has 36 heavy (non-hydrogen) atoms. The molecule has 0 saturated carbocycles. The van der Waals surface area contributed by atoms with Crippen molar-refractivity contribution in [2.24, 2.45) is 5.10 Å². The van der Waals surface area contributed by atoms with Crippen LogP contribution in [0.2, 0.25) is 0 Å². The third-order valence-corrected chi connectivity index (χ3v) is 5.85. The maximum atomic E-state index is 12.6. The van der Waals surface area contributed by atoms with Gasteiger partial charge in [0.2, 0.25) is 0 Å². The Morgan fingerprint density at radius 1 is 1.36 bits per heavy atom. The SMILES string of the molecule is C=CCn1c(COc2ccccc2)nnc1SC(C)C(=O)NN=Cc1cc([N+](=O)[O-])cc(OC)c1O. The van der Waals surface area contributed by atoms with Crippen LogP contribution in [0.15, 0.2) is 65.4 Å². The number of rotatable bonds is 12. The molecule has 12 nitrogen and oxygen atoms in total. The number of hydrazone groups is 1. The number of nitrogens with one attached hydrogen (secondary N) is 1. The average Bonchev–Trinajstić information content (AvgIpc) is 3.25. The monoisotopic (exact) mass is 512 g/mol. The first kappa shape index (κ1) is 26.2. The van der Waals surface area contributed by atoms with Crippen LogP contribution in [0.1, 0.15) is 18.3 Å². The van der Waals surface area contributed by atoms with E-state index in [1.807, 2.05) is 30.3 Å². The predicted octanol–water partition coefficient (Wildman–Crippen LogP) is 3.30.